The van der Waals surface area contributed by atoms with Gasteiger partial charge in [0.15, 0.2) is 0 Å². The van der Waals surface area contributed by atoms with Crippen LogP contribution in [0.15, 0.2) is 54.9 Å². The zero-order valence-corrected chi connectivity index (χ0v) is 18.1. The Balaban J connectivity index is 1.49. The largest absolute Gasteiger partial charge is 0.485 e. The molecule has 0 amide bonds. The highest BCUT2D eigenvalue weighted by Gasteiger charge is 2.27. The quantitative estimate of drug-likeness (QED) is 0.498. The molecule has 0 saturated carbocycles. The van der Waals surface area contributed by atoms with Crippen LogP contribution in [0.1, 0.15) is 30.5 Å². The maximum absolute atomic E-state index is 14.7. The van der Waals surface area contributed by atoms with E-state index < -0.39 is 30.2 Å². The number of hydrogen-bond donors (Lipinski definition) is 3. The Kier molecular flexibility index (Phi) is 7.06. The normalized spacial score (nSPS) is 19.5. The van der Waals surface area contributed by atoms with E-state index in [1.807, 2.05) is 12.1 Å². The van der Waals surface area contributed by atoms with Gasteiger partial charge in [0.2, 0.25) is 0 Å². The minimum absolute atomic E-state index is 0.200. The predicted molar refractivity (Wildman–Crippen MR) is 119 cm³/mol. The molecule has 4 unspecified atom stereocenters. The van der Waals surface area contributed by atoms with Gasteiger partial charge in [-0.25, -0.2) is 9.37 Å². The highest BCUT2D eigenvalue weighted by molar-refractivity contribution is 5.65. The second-order valence-corrected chi connectivity index (χ2v) is 7.82. The average Bonchev–Trinajstić information content (AvgIpc) is 3.45. The zero-order valence-electron chi connectivity index (χ0n) is 18.1. The number of hydrogen-bond acceptors (Lipinski definition) is 6. The monoisotopic (exact) mass is 452 g/mol. The van der Waals surface area contributed by atoms with Crippen LogP contribution < -0.4 is 4.74 Å². The molecule has 2 aromatic carbocycles. The number of aliphatic hydroxyl groups excluding tert-OH is 3. The van der Waals surface area contributed by atoms with E-state index in [1.165, 1.54) is 12.3 Å². The average molecular weight is 452 g/mol. The first-order valence-corrected chi connectivity index (χ1v) is 10.6. The van der Waals surface area contributed by atoms with Crippen LogP contribution in [0.2, 0.25) is 0 Å². The summed E-state index contributed by atoms with van der Waals surface area (Å²) in [6, 6.07) is 11.3. The summed E-state index contributed by atoms with van der Waals surface area (Å²) < 4.78 is 27.2. The summed E-state index contributed by atoms with van der Waals surface area (Å²) in [5.74, 6) is 6.13. The van der Waals surface area contributed by atoms with E-state index in [9.17, 15) is 19.7 Å². The molecule has 0 radical (unpaired) electrons. The molecule has 2 heterocycles. The molecule has 7 nitrogen and oxygen atoms in total. The Hall–Kier alpha value is -3.22. The van der Waals surface area contributed by atoms with Crippen molar-refractivity contribution in [3.05, 3.63) is 72.1 Å². The molecule has 1 aromatic heterocycles. The summed E-state index contributed by atoms with van der Waals surface area (Å²) in [6.07, 6.45) is 1.27. The Morgan fingerprint density at radius 3 is 2.61 bits per heavy atom. The fourth-order valence-corrected chi connectivity index (χ4v) is 3.61. The molecule has 0 bridgehead atoms. The second kappa shape index (κ2) is 10.1. The lowest BCUT2D eigenvalue weighted by Gasteiger charge is -2.15. The zero-order chi connectivity index (χ0) is 23.4. The molecule has 4 atom stereocenters. The molecule has 1 aliphatic rings. The third kappa shape index (κ3) is 5.24. The molecular formula is C25H25FN2O5. The summed E-state index contributed by atoms with van der Waals surface area (Å²) in [5.41, 5.74) is 1.68. The van der Waals surface area contributed by atoms with Crippen LogP contribution in [-0.4, -0.2) is 56.9 Å². The van der Waals surface area contributed by atoms with E-state index in [1.54, 1.807) is 42.0 Å². The van der Waals surface area contributed by atoms with Gasteiger partial charge >= 0.3 is 0 Å². The van der Waals surface area contributed by atoms with Crippen molar-refractivity contribution in [1.29, 1.82) is 0 Å². The van der Waals surface area contributed by atoms with E-state index in [-0.39, 0.29) is 18.8 Å². The Morgan fingerprint density at radius 2 is 1.97 bits per heavy atom. The van der Waals surface area contributed by atoms with E-state index in [2.05, 4.69) is 16.8 Å². The smallest absolute Gasteiger partial charge is 0.150 e. The van der Waals surface area contributed by atoms with Crippen LogP contribution in [0, 0.1) is 17.7 Å². The third-order valence-electron chi connectivity index (χ3n) is 5.40. The van der Waals surface area contributed by atoms with E-state index >= 15 is 0 Å². The second-order valence-electron chi connectivity index (χ2n) is 7.82. The lowest BCUT2D eigenvalue weighted by atomic mass is 10.0. The summed E-state index contributed by atoms with van der Waals surface area (Å²) >= 11 is 0. The summed E-state index contributed by atoms with van der Waals surface area (Å²) in [4.78, 5) is 4.07. The van der Waals surface area contributed by atoms with Gasteiger partial charge in [-0.05, 0) is 42.3 Å². The molecular weight excluding hydrogens is 427 g/mol. The lowest BCUT2D eigenvalue weighted by Crippen LogP contribution is -2.29. The fourth-order valence-electron chi connectivity index (χ4n) is 3.61. The molecule has 1 saturated heterocycles. The van der Waals surface area contributed by atoms with Crippen molar-refractivity contribution >= 4 is 0 Å². The molecule has 0 spiro atoms. The van der Waals surface area contributed by atoms with Crippen molar-refractivity contribution in [2.45, 2.75) is 31.3 Å². The number of nitrogens with zero attached hydrogens (tertiary/aromatic N) is 2. The first-order chi connectivity index (χ1) is 16.0. The molecule has 33 heavy (non-hydrogen) atoms. The standard InChI is InChI=1S/C25H25FN2O5/c1-16(30)25-27-10-11-28(25)20(13-29)7-4-18-2-3-19(12-22(18)26)17-5-8-21(9-6-17)33-24-15-32-14-23(24)31/h2-3,5-6,8-12,16,20,23-24,29-31H,13-15H2,1H3. The maximum atomic E-state index is 14.7. The van der Waals surface area contributed by atoms with Gasteiger partial charge in [-0.15, -0.1) is 0 Å². The van der Waals surface area contributed by atoms with Gasteiger partial charge < -0.3 is 29.4 Å². The molecule has 1 aliphatic heterocycles. The van der Waals surface area contributed by atoms with Crippen LogP contribution in [0.4, 0.5) is 4.39 Å². The highest BCUT2D eigenvalue weighted by Crippen LogP contribution is 2.26. The Labute approximate surface area is 191 Å². The number of benzene rings is 2. The number of aromatic nitrogens is 2. The van der Waals surface area contributed by atoms with E-state index in [4.69, 9.17) is 9.47 Å². The van der Waals surface area contributed by atoms with Gasteiger partial charge in [0.1, 0.15) is 41.7 Å². The van der Waals surface area contributed by atoms with Crippen LogP contribution in [-0.2, 0) is 4.74 Å². The number of ether oxygens (including phenoxy) is 2. The molecule has 0 aliphatic carbocycles. The molecule has 8 heteroatoms. The number of aliphatic hydroxyl groups is 3. The topological polar surface area (TPSA) is 97.0 Å². The van der Waals surface area contributed by atoms with Crippen molar-refractivity contribution in [3.63, 3.8) is 0 Å². The van der Waals surface area contributed by atoms with Crippen molar-refractivity contribution in [2.75, 3.05) is 19.8 Å². The van der Waals surface area contributed by atoms with Gasteiger partial charge in [0, 0.05) is 12.4 Å². The number of halogens is 1. The SMILES string of the molecule is CC(O)c1nccn1C(C#Cc1ccc(-c2ccc(OC3COCC3O)cc2)cc1F)CO. The molecule has 1 fully saturated rings. The lowest BCUT2D eigenvalue weighted by molar-refractivity contribution is 0.0733. The predicted octanol–water partition coefficient (Wildman–Crippen LogP) is 2.47. The minimum Gasteiger partial charge on any atom is -0.485 e. The number of imidazole rings is 1. The van der Waals surface area contributed by atoms with Crippen molar-refractivity contribution in [1.82, 2.24) is 9.55 Å². The summed E-state index contributed by atoms with van der Waals surface area (Å²) in [7, 11) is 0. The Bertz CT molecular complexity index is 1150. The minimum atomic E-state index is -0.819. The third-order valence-corrected chi connectivity index (χ3v) is 5.40. The van der Waals surface area contributed by atoms with Crippen molar-refractivity contribution in [3.8, 4) is 28.7 Å². The Morgan fingerprint density at radius 1 is 1.21 bits per heavy atom. The van der Waals surface area contributed by atoms with Gasteiger partial charge in [0.05, 0.1) is 25.4 Å². The van der Waals surface area contributed by atoms with Gasteiger partial charge in [0.25, 0.3) is 0 Å². The van der Waals surface area contributed by atoms with Gasteiger partial charge in [-0.1, -0.05) is 30.0 Å². The summed E-state index contributed by atoms with van der Waals surface area (Å²) in [5, 5.41) is 29.3. The van der Waals surface area contributed by atoms with Gasteiger partial charge in [-0.3, -0.25) is 0 Å². The van der Waals surface area contributed by atoms with E-state index in [0.29, 0.717) is 23.7 Å². The molecule has 3 N–H and O–H groups in total. The highest BCUT2D eigenvalue weighted by atomic mass is 19.1. The number of rotatable bonds is 6. The molecule has 172 valence electrons. The molecule has 3 aromatic rings. The van der Waals surface area contributed by atoms with Crippen molar-refractivity contribution in [2.24, 2.45) is 0 Å². The van der Waals surface area contributed by atoms with Crippen molar-refractivity contribution < 1.29 is 29.2 Å². The van der Waals surface area contributed by atoms with E-state index in [0.717, 1.165) is 5.56 Å². The maximum Gasteiger partial charge on any atom is 0.150 e. The van der Waals surface area contributed by atoms with Gasteiger partial charge in [-0.2, -0.15) is 0 Å². The van der Waals surface area contributed by atoms with Crippen LogP contribution in [0.5, 0.6) is 5.75 Å². The fraction of sp³-hybridized carbons (Fsp3) is 0.320. The van der Waals surface area contributed by atoms with Crippen LogP contribution >= 0.6 is 0 Å². The molecule has 4 rings (SSSR count). The van der Waals surface area contributed by atoms with Crippen LogP contribution in [0.3, 0.4) is 0 Å². The first-order valence-electron chi connectivity index (χ1n) is 10.6. The first kappa shape index (κ1) is 23.0. The van der Waals surface area contributed by atoms with Crippen LogP contribution in [0.25, 0.3) is 11.1 Å². The summed E-state index contributed by atoms with van der Waals surface area (Å²) in [6.45, 7) is 1.88.